The van der Waals surface area contributed by atoms with Crippen LogP contribution in [0.15, 0.2) is 24.4 Å². The van der Waals surface area contributed by atoms with Crippen LogP contribution in [0.5, 0.6) is 0 Å². The molecule has 2 N–H and O–H groups in total. The second-order valence-corrected chi connectivity index (χ2v) is 3.93. The normalized spacial score (nSPS) is 11.0. The van der Waals surface area contributed by atoms with Gasteiger partial charge in [-0.25, -0.2) is 4.68 Å². The van der Waals surface area contributed by atoms with E-state index in [-0.39, 0.29) is 0 Å². The first-order chi connectivity index (χ1) is 7.70. The van der Waals surface area contributed by atoms with Crippen molar-refractivity contribution in [2.24, 2.45) is 5.73 Å². The monoisotopic (exact) mass is 217 g/mol. The van der Waals surface area contributed by atoms with Crippen molar-refractivity contribution in [2.75, 3.05) is 0 Å². The van der Waals surface area contributed by atoms with Crippen LogP contribution in [0.4, 0.5) is 0 Å². The standard InChI is InChI=1S/C11H15N5/c1-8(2)10-5-6-16(15-10)11-4-3-9(7-12)13-14-11/h3-6,8H,7,12H2,1-2H3. The van der Waals surface area contributed by atoms with Crippen molar-refractivity contribution in [2.45, 2.75) is 26.3 Å². The molecule has 16 heavy (non-hydrogen) atoms. The van der Waals surface area contributed by atoms with E-state index in [1.807, 2.05) is 24.4 Å². The summed E-state index contributed by atoms with van der Waals surface area (Å²) in [7, 11) is 0. The molecule has 84 valence electrons. The molecular formula is C11H15N5. The maximum absolute atomic E-state index is 5.46. The van der Waals surface area contributed by atoms with E-state index in [0.717, 1.165) is 11.4 Å². The second kappa shape index (κ2) is 4.40. The summed E-state index contributed by atoms with van der Waals surface area (Å²) in [5.41, 5.74) is 7.28. The number of rotatable bonds is 3. The molecule has 0 aliphatic rings. The van der Waals surface area contributed by atoms with Gasteiger partial charge in [-0.1, -0.05) is 13.8 Å². The van der Waals surface area contributed by atoms with Crippen LogP contribution in [0, 0.1) is 0 Å². The third-order valence-electron chi connectivity index (χ3n) is 2.35. The van der Waals surface area contributed by atoms with E-state index in [4.69, 9.17) is 5.73 Å². The van der Waals surface area contributed by atoms with Gasteiger partial charge in [0.15, 0.2) is 5.82 Å². The van der Waals surface area contributed by atoms with E-state index in [1.54, 1.807) is 4.68 Å². The Morgan fingerprint density at radius 2 is 2.06 bits per heavy atom. The first-order valence-corrected chi connectivity index (χ1v) is 5.29. The molecule has 0 aromatic carbocycles. The Balaban J connectivity index is 2.28. The molecule has 5 heteroatoms. The molecule has 0 amide bonds. The van der Waals surface area contributed by atoms with Crippen LogP contribution >= 0.6 is 0 Å². The van der Waals surface area contributed by atoms with E-state index in [1.165, 1.54) is 0 Å². The van der Waals surface area contributed by atoms with Gasteiger partial charge < -0.3 is 5.73 Å². The number of aromatic nitrogens is 4. The van der Waals surface area contributed by atoms with Gasteiger partial charge >= 0.3 is 0 Å². The lowest BCUT2D eigenvalue weighted by Gasteiger charge is -2.01. The minimum atomic E-state index is 0.406. The Labute approximate surface area is 94.3 Å². The van der Waals surface area contributed by atoms with Crippen LogP contribution in [0.2, 0.25) is 0 Å². The summed E-state index contributed by atoms with van der Waals surface area (Å²) in [4.78, 5) is 0. The lowest BCUT2D eigenvalue weighted by molar-refractivity contribution is 0.741. The highest BCUT2D eigenvalue weighted by molar-refractivity contribution is 5.21. The highest BCUT2D eigenvalue weighted by Crippen LogP contribution is 2.12. The summed E-state index contributed by atoms with van der Waals surface area (Å²) >= 11 is 0. The van der Waals surface area contributed by atoms with Crippen LogP contribution in [0.1, 0.15) is 31.2 Å². The number of hydrogen-bond donors (Lipinski definition) is 1. The molecule has 0 saturated carbocycles. The van der Waals surface area contributed by atoms with Gasteiger partial charge in [-0.3, -0.25) is 0 Å². The van der Waals surface area contributed by atoms with Crippen LogP contribution in [-0.4, -0.2) is 20.0 Å². The smallest absolute Gasteiger partial charge is 0.175 e. The molecule has 2 aromatic heterocycles. The lowest BCUT2D eigenvalue weighted by atomic mass is 10.1. The Kier molecular flexibility index (Phi) is 2.96. The minimum absolute atomic E-state index is 0.406. The molecule has 2 heterocycles. The van der Waals surface area contributed by atoms with Gasteiger partial charge in [-0.15, -0.1) is 5.10 Å². The number of nitrogens with zero attached hydrogens (tertiary/aromatic N) is 4. The topological polar surface area (TPSA) is 69.6 Å². The predicted molar refractivity (Wildman–Crippen MR) is 61.1 cm³/mol. The highest BCUT2D eigenvalue weighted by Gasteiger charge is 2.05. The number of nitrogens with two attached hydrogens (primary N) is 1. The first kappa shape index (κ1) is 10.8. The maximum Gasteiger partial charge on any atom is 0.175 e. The number of hydrogen-bond acceptors (Lipinski definition) is 4. The molecule has 0 fully saturated rings. The van der Waals surface area contributed by atoms with E-state index < -0.39 is 0 Å². The Morgan fingerprint density at radius 3 is 2.56 bits per heavy atom. The average Bonchev–Trinajstić information content (AvgIpc) is 2.78. The zero-order valence-corrected chi connectivity index (χ0v) is 9.46. The maximum atomic E-state index is 5.46. The van der Waals surface area contributed by atoms with Gasteiger partial charge in [-0.05, 0) is 24.1 Å². The van der Waals surface area contributed by atoms with Crippen molar-refractivity contribution in [3.05, 3.63) is 35.8 Å². The fraction of sp³-hybridized carbons (Fsp3) is 0.364. The summed E-state index contributed by atoms with van der Waals surface area (Å²) < 4.78 is 1.72. The quantitative estimate of drug-likeness (QED) is 0.839. The van der Waals surface area contributed by atoms with E-state index in [9.17, 15) is 0 Å². The second-order valence-electron chi connectivity index (χ2n) is 3.93. The molecular weight excluding hydrogens is 202 g/mol. The van der Waals surface area contributed by atoms with Gasteiger partial charge in [0.2, 0.25) is 0 Å². The summed E-state index contributed by atoms with van der Waals surface area (Å²) in [6.07, 6.45) is 1.89. The first-order valence-electron chi connectivity index (χ1n) is 5.29. The zero-order chi connectivity index (χ0) is 11.5. The summed E-state index contributed by atoms with van der Waals surface area (Å²) in [6, 6.07) is 5.72. The largest absolute Gasteiger partial charge is 0.325 e. The van der Waals surface area contributed by atoms with Crippen LogP contribution in [-0.2, 0) is 6.54 Å². The molecule has 0 bridgehead atoms. The molecule has 0 radical (unpaired) electrons. The fourth-order valence-corrected chi connectivity index (χ4v) is 1.36. The Bertz CT molecular complexity index is 457. The lowest BCUT2D eigenvalue weighted by Crippen LogP contribution is -2.05. The third kappa shape index (κ3) is 2.09. The van der Waals surface area contributed by atoms with Crippen molar-refractivity contribution >= 4 is 0 Å². The zero-order valence-electron chi connectivity index (χ0n) is 9.46. The van der Waals surface area contributed by atoms with Crippen LogP contribution in [0.25, 0.3) is 5.82 Å². The van der Waals surface area contributed by atoms with Gasteiger partial charge in [0.1, 0.15) is 0 Å². The van der Waals surface area contributed by atoms with Crippen molar-refractivity contribution < 1.29 is 0 Å². The summed E-state index contributed by atoms with van der Waals surface area (Å²) in [6.45, 7) is 4.62. The van der Waals surface area contributed by atoms with Gasteiger partial charge in [0, 0.05) is 12.7 Å². The minimum Gasteiger partial charge on any atom is -0.325 e. The average molecular weight is 217 g/mol. The molecule has 0 aliphatic heterocycles. The predicted octanol–water partition coefficient (Wildman–Crippen LogP) is 1.24. The van der Waals surface area contributed by atoms with E-state index in [2.05, 4.69) is 29.1 Å². The van der Waals surface area contributed by atoms with Crippen molar-refractivity contribution in [3.63, 3.8) is 0 Å². The molecule has 0 spiro atoms. The van der Waals surface area contributed by atoms with Gasteiger partial charge in [-0.2, -0.15) is 10.2 Å². The van der Waals surface area contributed by atoms with Gasteiger partial charge in [0.05, 0.1) is 11.4 Å². The Morgan fingerprint density at radius 1 is 1.25 bits per heavy atom. The van der Waals surface area contributed by atoms with E-state index >= 15 is 0 Å². The molecule has 0 unspecified atom stereocenters. The summed E-state index contributed by atoms with van der Waals surface area (Å²) in [5.74, 6) is 1.13. The molecule has 0 atom stereocenters. The molecule has 5 nitrogen and oxygen atoms in total. The highest BCUT2D eigenvalue weighted by atomic mass is 15.3. The van der Waals surface area contributed by atoms with Crippen LogP contribution in [0.3, 0.4) is 0 Å². The third-order valence-corrected chi connectivity index (χ3v) is 2.35. The van der Waals surface area contributed by atoms with E-state index in [0.29, 0.717) is 18.3 Å². The molecule has 0 aliphatic carbocycles. The molecule has 2 rings (SSSR count). The molecule has 0 saturated heterocycles. The SMILES string of the molecule is CC(C)c1ccn(-c2ccc(CN)nn2)n1. The van der Waals surface area contributed by atoms with Crippen molar-refractivity contribution in [1.29, 1.82) is 0 Å². The van der Waals surface area contributed by atoms with Crippen molar-refractivity contribution in [1.82, 2.24) is 20.0 Å². The molecule has 2 aromatic rings. The van der Waals surface area contributed by atoms with Crippen molar-refractivity contribution in [3.8, 4) is 5.82 Å². The summed E-state index contributed by atoms with van der Waals surface area (Å²) in [5, 5.41) is 12.5. The Hall–Kier alpha value is -1.75. The van der Waals surface area contributed by atoms with Gasteiger partial charge in [0.25, 0.3) is 0 Å². The van der Waals surface area contributed by atoms with Crippen LogP contribution < -0.4 is 5.73 Å². The fourth-order valence-electron chi connectivity index (χ4n) is 1.36.